The molecule has 0 unspecified atom stereocenters. The van der Waals surface area contributed by atoms with Gasteiger partial charge in [-0.25, -0.2) is 0 Å². The monoisotopic (exact) mass is 648 g/mol. The Bertz CT molecular complexity index is 1590. The van der Waals surface area contributed by atoms with E-state index >= 15 is 0 Å². The van der Waals surface area contributed by atoms with Gasteiger partial charge in [0.15, 0.2) is 0 Å². The molecule has 4 aliphatic rings. The summed E-state index contributed by atoms with van der Waals surface area (Å²) in [6, 6.07) is 25.5. The number of terminal acetylenes is 4. The van der Waals surface area contributed by atoms with E-state index in [1.54, 1.807) is 94.1 Å². The Balaban J connectivity index is 1.81. The number of fused-ring (bicyclic) bond motifs is 2. The SMILES string of the molecule is C#CC(C#C)=c1c#cc2c(c#cc(=C(C#C)C#C)c#cc3c(c#c1)SC(=C1SC=CS1)S3)SC(=C1SC=CS1)S2. The van der Waals surface area contributed by atoms with Crippen LogP contribution in [0.2, 0.25) is 0 Å². The zero-order valence-electron chi connectivity index (χ0n) is 19.9. The van der Waals surface area contributed by atoms with Gasteiger partial charge in [0.05, 0.1) is 58.1 Å². The largest absolute Gasteiger partial charge is 0.114 e. The van der Waals surface area contributed by atoms with Crippen LogP contribution in [-0.2, 0) is 0 Å². The van der Waals surface area contributed by atoms with E-state index in [0.717, 1.165) is 28.1 Å². The summed E-state index contributed by atoms with van der Waals surface area (Å²) < 4.78 is 4.54. The van der Waals surface area contributed by atoms with Crippen molar-refractivity contribution in [3.63, 3.8) is 0 Å². The molecular weight excluding hydrogens is 641 g/mol. The van der Waals surface area contributed by atoms with Crippen molar-refractivity contribution in [2.45, 2.75) is 19.6 Å². The van der Waals surface area contributed by atoms with Gasteiger partial charge in [0.1, 0.15) is 0 Å². The second-order valence-corrected chi connectivity index (χ2v) is 15.7. The zero-order chi connectivity index (χ0) is 27.9. The Hall–Kier alpha value is -2.80. The fourth-order valence-electron chi connectivity index (χ4n) is 2.86. The van der Waals surface area contributed by atoms with Gasteiger partial charge < -0.3 is 0 Å². The third kappa shape index (κ3) is 6.56. The molecular formula is C32H8S8. The van der Waals surface area contributed by atoms with Crippen molar-refractivity contribution in [3.05, 3.63) is 97.5 Å². The molecule has 0 atom stereocenters. The molecule has 0 amide bonds. The van der Waals surface area contributed by atoms with Crippen LogP contribution >= 0.6 is 94.1 Å². The van der Waals surface area contributed by atoms with Crippen LogP contribution in [0.15, 0.2) is 58.2 Å². The van der Waals surface area contributed by atoms with Gasteiger partial charge in [-0.3, -0.25) is 0 Å². The molecule has 4 heterocycles. The molecule has 0 spiro atoms. The van der Waals surface area contributed by atoms with Gasteiger partial charge in [0.2, 0.25) is 0 Å². The first-order valence-electron chi connectivity index (χ1n) is 10.7. The van der Waals surface area contributed by atoms with Gasteiger partial charge in [0, 0.05) is 0 Å². The summed E-state index contributed by atoms with van der Waals surface area (Å²) in [5.74, 6) is 10.2. The maximum absolute atomic E-state index is 5.72. The lowest BCUT2D eigenvalue weighted by Gasteiger charge is -1.97. The Labute approximate surface area is 269 Å². The molecule has 0 aromatic heterocycles. The molecule has 1 aromatic carbocycles. The first-order valence-corrected chi connectivity index (χ1v) is 17.5. The predicted molar refractivity (Wildman–Crippen MR) is 180 cm³/mol. The lowest BCUT2D eigenvalue weighted by Crippen LogP contribution is -1.98. The molecule has 0 aliphatic carbocycles. The molecule has 0 saturated carbocycles. The van der Waals surface area contributed by atoms with E-state index in [2.05, 4.69) is 72.2 Å². The van der Waals surface area contributed by atoms with Crippen molar-refractivity contribution in [2.24, 2.45) is 0 Å². The molecule has 0 saturated heterocycles. The third-order valence-electron chi connectivity index (χ3n) is 4.62. The van der Waals surface area contributed by atoms with Crippen LogP contribution in [-0.4, -0.2) is 0 Å². The minimum absolute atomic E-state index is 0.298. The van der Waals surface area contributed by atoms with E-state index < -0.39 is 0 Å². The Kier molecular flexibility index (Phi) is 9.84. The van der Waals surface area contributed by atoms with Crippen molar-refractivity contribution in [1.82, 2.24) is 0 Å². The van der Waals surface area contributed by atoms with Gasteiger partial charge in [-0.2, -0.15) is 0 Å². The summed E-state index contributed by atoms with van der Waals surface area (Å²) in [5.41, 5.74) is 0.597. The highest BCUT2D eigenvalue weighted by molar-refractivity contribution is 8.32. The standard InChI is InChI=1S/C32H8S8/c1-5-21(6-2)23-9-13-25-27(39-31(37-25)29-33-17-18-34-29)15-11-24(22(7-3)8-4)12-16-28-26(14-10-23)38-32(40-28)30-35-19-20-36-30/h1-4,17-20H. The molecule has 40 heavy (non-hydrogen) atoms. The van der Waals surface area contributed by atoms with Crippen LogP contribution in [0.5, 0.6) is 0 Å². The fourth-order valence-corrected chi connectivity index (χ4v) is 11.8. The molecule has 5 rings (SSSR count). The number of hydrogen-bond donors (Lipinski definition) is 0. The quantitative estimate of drug-likeness (QED) is 0.259. The molecule has 0 fully saturated rings. The first kappa shape index (κ1) is 28.7. The molecule has 1 aromatic rings. The van der Waals surface area contributed by atoms with Crippen molar-refractivity contribution in [3.8, 4) is 49.4 Å². The minimum Gasteiger partial charge on any atom is -0.114 e. The summed E-state index contributed by atoms with van der Waals surface area (Å²) in [6.07, 6.45) is 22.9. The number of rotatable bonds is 0. The van der Waals surface area contributed by atoms with Crippen LogP contribution in [0.4, 0.5) is 0 Å². The maximum atomic E-state index is 5.72. The van der Waals surface area contributed by atoms with E-state index in [0.29, 0.717) is 21.6 Å². The predicted octanol–water partition coefficient (Wildman–Crippen LogP) is 7.72. The van der Waals surface area contributed by atoms with Crippen LogP contribution < -0.4 is 10.4 Å². The molecule has 0 bridgehead atoms. The maximum Gasteiger partial charge on any atom is 0.0992 e. The average Bonchev–Trinajstić information content (AvgIpc) is 3.79. The van der Waals surface area contributed by atoms with Gasteiger partial charge in [-0.15, -0.1) is 25.7 Å². The lowest BCUT2D eigenvalue weighted by atomic mass is 10.2. The van der Waals surface area contributed by atoms with Crippen molar-refractivity contribution < 1.29 is 0 Å². The number of hydrogen-bond acceptors (Lipinski definition) is 8. The summed E-state index contributed by atoms with van der Waals surface area (Å²) in [6.45, 7) is 0. The Morgan fingerprint density at radius 3 is 0.950 bits per heavy atom. The fraction of sp³-hybridized carbons (Fsp3) is 0. The van der Waals surface area contributed by atoms with Gasteiger partial charge >= 0.3 is 0 Å². The van der Waals surface area contributed by atoms with Crippen LogP contribution in [0, 0.1) is 97.9 Å². The first-order chi connectivity index (χ1) is 19.6. The Morgan fingerprint density at radius 1 is 0.425 bits per heavy atom. The highest BCUT2D eigenvalue weighted by Crippen LogP contribution is 2.57. The van der Waals surface area contributed by atoms with E-state index in [9.17, 15) is 0 Å². The third-order valence-corrected chi connectivity index (χ3v) is 14.8. The van der Waals surface area contributed by atoms with Crippen LogP contribution in [0.1, 0.15) is 0 Å². The van der Waals surface area contributed by atoms with E-state index in [1.165, 1.54) is 8.47 Å². The van der Waals surface area contributed by atoms with E-state index in [4.69, 9.17) is 25.7 Å². The normalized spacial score (nSPS) is 14.9. The highest BCUT2D eigenvalue weighted by Gasteiger charge is 2.23. The highest BCUT2D eigenvalue weighted by atomic mass is 32.2. The molecule has 0 N–H and O–H groups in total. The second kappa shape index (κ2) is 13.7. The summed E-state index contributed by atoms with van der Waals surface area (Å²) in [4.78, 5) is 3.09. The van der Waals surface area contributed by atoms with Crippen molar-refractivity contribution in [2.75, 3.05) is 0 Å². The average molecular weight is 649 g/mol. The second-order valence-electron chi connectivity index (χ2n) is 6.97. The van der Waals surface area contributed by atoms with Gasteiger partial charge in [-0.1, -0.05) is 142 Å². The molecule has 4 aliphatic heterocycles. The van der Waals surface area contributed by atoms with Crippen LogP contribution in [0.3, 0.4) is 0 Å². The minimum atomic E-state index is 0.298. The molecule has 8 heteroatoms. The smallest absolute Gasteiger partial charge is 0.0992 e. The van der Waals surface area contributed by atoms with E-state index in [1.807, 2.05) is 21.6 Å². The van der Waals surface area contributed by atoms with Crippen LogP contribution in [0.25, 0.3) is 11.1 Å². The topological polar surface area (TPSA) is 0 Å². The summed E-state index contributed by atoms with van der Waals surface area (Å²) >= 11 is 12.9. The Morgan fingerprint density at radius 2 is 0.700 bits per heavy atom. The summed E-state index contributed by atoms with van der Waals surface area (Å²) in [7, 11) is 0. The van der Waals surface area contributed by atoms with E-state index in [-0.39, 0.29) is 0 Å². The molecule has 184 valence electrons. The molecule has 0 radical (unpaired) electrons. The summed E-state index contributed by atoms with van der Waals surface area (Å²) in [5, 5.41) is 9.00. The van der Waals surface area contributed by atoms with Gasteiger partial charge in [0.25, 0.3) is 0 Å². The zero-order valence-corrected chi connectivity index (χ0v) is 26.4. The van der Waals surface area contributed by atoms with Crippen molar-refractivity contribution >= 4 is 105 Å². The molecule has 0 nitrogen and oxygen atoms in total. The van der Waals surface area contributed by atoms with Gasteiger partial charge in [-0.05, 0) is 45.9 Å². The lowest BCUT2D eigenvalue weighted by molar-refractivity contribution is 1.30. The number of thioether (sulfide) groups is 8. The van der Waals surface area contributed by atoms with Crippen molar-refractivity contribution in [1.29, 1.82) is 0 Å².